The van der Waals surface area contributed by atoms with Crippen LogP contribution in [0.1, 0.15) is 17.3 Å². The van der Waals surface area contributed by atoms with Crippen LogP contribution in [0, 0.1) is 0 Å². The van der Waals surface area contributed by atoms with Gasteiger partial charge < -0.3 is 4.74 Å². The number of methoxy groups -OCH3 is 1. The van der Waals surface area contributed by atoms with Gasteiger partial charge in [-0.1, -0.05) is 15.9 Å². The third kappa shape index (κ3) is 3.06. The number of imide groups is 1. The summed E-state index contributed by atoms with van der Waals surface area (Å²) in [5.74, 6) is -0.444. The molecule has 0 atom stereocenters. The first-order valence-corrected chi connectivity index (χ1v) is 4.99. The number of amides is 2. The van der Waals surface area contributed by atoms with Crippen molar-refractivity contribution in [3.05, 3.63) is 28.2 Å². The minimum atomic E-state index is -0.466. The molecule has 2 amide bonds. The fourth-order valence-electron chi connectivity index (χ4n) is 1.08. The lowest BCUT2D eigenvalue weighted by Gasteiger charge is -2.07. The van der Waals surface area contributed by atoms with Crippen molar-refractivity contribution in [2.24, 2.45) is 0 Å². The highest BCUT2D eigenvalue weighted by atomic mass is 79.9. The number of hydrogen-bond donors (Lipinski definition) is 1. The molecule has 0 aliphatic carbocycles. The first kappa shape index (κ1) is 11.7. The smallest absolute Gasteiger partial charge is 0.261 e. The van der Waals surface area contributed by atoms with E-state index in [1.165, 1.54) is 14.0 Å². The number of hydrogen-bond acceptors (Lipinski definition) is 3. The second-order valence-electron chi connectivity index (χ2n) is 2.85. The fourth-order valence-corrected chi connectivity index (χ4v) is 1.42. The van der Waals surface area contributed by atoms with Crippen molar-refractivity contribution in [1.82, 2.24) is 5.32 Å². The van der Waals surface area contributed by atoms with Crippen LogP contribution in [0.4, 0.5) is 0 Å². The molecular weight excluding hydrogens is 262 g/mol. The first-order valence-electron chi connectivity index (χ1n) is 4.20. The number of carbonyl (C=O) groups excluding carboxylic acids is 2. The summed E-state index contributed by atoms with van der Waals surface area (Å²) in [6.07, 6.45) is 0. The lowest BCUT2D eigenvalue weighted by molar-refractivity contribution is -0.118. The lowest BCUT2D eigenvalue weighted by Crippen LogP contribution is -2.28. The molecule has 0 saturated carbocycles. The summed E-state index contributed by atoms with van der Waals surface area (Å²) in [5.41, 5.74) is 0.330. The number of halogens is 1. The SMILES string of the molecule is COc1cc(Br)ccc1C(=O)NC(C)=O. The molecule has 80 valence electrons. The number of ether oxygens (including phenoxy) is 1. The van der Waals surface area contributed by atoms with E-state index in [2.05, 4.69) is 21.2 Å². The quantitative estimate of drug-likeness (QED) is 0.892. The summed E-state index contributed by atoms with van der Waals surface area (Å²) in [6.45, 7) is 1.28. The van der Waals surface area contributed by atoms with E-state index in [9.17, 15) is 9.59 Å². The van der Waals surface area contributed by atoms with Gasteiger partial charge >= 0.3 is 0 Å². The second kappa shape index (κ2) is 4.93. The molecule has 1 N–H and O–H groups in total. The number of carbonyl (C=O) groups is 2. The Morgan fingerprint density at radius 3 is 2.60 bits per heavy atom. The molecule has 0 bridgehead atoms. The van der Waals surface area contributed by atoms with Gasteiger partial charge in [-0.25, -0.2) is 0 Å². The number of benzene rings is 1. The summed E-state index contributed by atoms with van der Waals surface area (Å²) < 4.78 is 5.83. The predicted octanol–water partition coefficient (Wildman–Crippen LogP) is 1.73. The molecule has 0 aliphatic heterocycles. The van der Waals surface area contributed by atoms with E-state index in [1.807, 2.05) is 0 Å². The molecular formula is C10H10BrNO3. The van der Waals surface area contributed by atoms with Crippen molar-refractivity contribution in [2.75, 3.05) is 7.11 Å². The van der Waals surface area contributed by atoms with Gasteiger partial charge in [0.15, 0.2) is 0 Å². The molecule has 0 aliphatic rings. The molecule has 0 heterocycles. The van der Waals surface area contributed by atoms with E-state index in [-0.39, 0.29) is 0 Å². The zero-order chi connectivity index (χ0) is 11.4. The Labute approximate surface area is 95.7 Å². The van der Waals surface area contributed by atoms with Crippen molar-refractivity contribution in [2.45, 2.75) is 6.92 Å². The Hall–Kier alpha value is -1.36. The highest BCUT2D eigenvalue weighted by Crippen LogP contribution is 2.23. The fraction of sp³-hybridized carbons (Fsp3) is 0.200. The van der Waals surface area contributed by atoms with Gasteiger partial charge in [-0.15, -0.1) is 0 Å². The van der Waals surface area contributed by atoms with Gasteiger partial charge in [0, 0.05) is 11.4 Å². The van der Waals surface area contributed by atoms with Crippen LogP contribution in [0.5, 0.6) is 5.75 Å². The largest absolute Gasteiger partial charge is 0.496 e. The van der Waals surface area contributed by atoms with Crippen LogP contribution in [-0.2, 0) is 4.79 Å². The molecule has 0 saturated heterocycles. The Balaban J connectivity index is 3.02. The Bertz CT molecular complexity index is 404. The zero-order valence-corrected chi connectivity index (χ0v) is 9.92. The molecule has 0 radical (unpaired) electrons. The van der Waals surface area contributed by atoms with Crippen molar-refractivity contribution in [3.8, 4) is 5.75 Å². The minimum Gasteiger partial charge on any atom is -0.496 e. The van der Waals surface area contributed by atoms with E-state index in [0.717, 1.165) is 4.47 Å². The lowest BCUT2D eigenvalue weighted by atomic mass is 10.2. The normalized spacial score (nSPS) is 9.53. The Morgan fingerprint density at radius 2 is 2.07 bits per heavy atom. The third-order valence-electron chi connectivity index (χ3n) is 1.70. The summed E-state index contributed by atoms with van der Waals surface area (Å²) in [4.78, 5) is 22.2. The van der Waals surface area contributed by atoms with E-state index >= 15 is 0 Å². The van der Waals surface area contributed by atoms with E-state index in [4.69, 9.17) is 4.74 Å². The van der Waals surface area contributed by atoms with Gasteiger partial charge in [0.05, 0.1) is 12.7 Å². The molecule has 1 rings (SSSR count). The Kier molecular flexibility index (Phi) is 3.85. The maximum Gasteiger partial charge on any atom is 0.261 e. The maximum atomic E-state index is 11.5. The average Bonchev–Trinajstić information content (AvgIpc) is 2.16. The van der Waals surface area contributed by atoms with Gasteiger partial charge in [0.1, 0.15) is 5.75 Å². The van der Waals surface area contributed by atoms with Crippen LogP contribution in [-0.4, -0.2) is 18.9 Å². The molecule has 0 unspecified atom stereocenters. The van der Waals surface area contributed by atoms with Gasteiger partial charge in [0.2, 0.25) is 5.91 Å². The highest BCUT2D eigenvalue weighted by Gasteiger charge is 2.13. The van der Waals surface area contributed by atoms with E-state index in [1.54, 1.807) is 18.2 Å². The van der Waals surface area contributed by atoms with Gasteiger partial charge in [-0.05, 0) is 18.2 Å². The minimum absolute atomic E-state index is 0.330. The molecule has 5 heteroatoms. The molecule has 0 fully saturated rings. The number of nitrogens with one attached hydrogen (secondary N) is 1. The van der Waals surface area contributed by atoms with Crippen molar-refractivity contribution < 1.29 is 14.3 Å². The molecule has 4 nitrogen and oxygen atoms in total. The Morgan fingerprint density at radius 1 is 1.40 bits per heavy atom. The molecule has 0 spiro atoms. The van der Waals surface area contributed by atoms with Crippen LogP contribution < -0.4 is 10.1 Å². The van der Waals surface area contributed by atoms with Gasteiger partial charge in [-0.2, -0.15) is 0 Å². The highest BCUT2D eigenvalue weighted by molar-refractivity contribution is 9.10. The van der Waals surface area contributed by atoms with Crippen LogP contribution in [0.15, 0.2) is 22.7 Å². The van der Waals surface area contributed by atoms with Crippen molar-refractivity contribution >= 4 is 27.7 Å². The molecule has 0 aromatic heterocycles. The maximum absolute atomic E-state index is 11.5. The standard InChI is InChI=1S/C10H10BrNO3/c1-6(13)12-10(14)8-4-3-7(11)5-9(8)15-2/h3-5H,1-2H3,(H,12,13,14). The summed E-state index contributed by atoms with van der Waals surface area (Å²) in [6, 6.07) is 4.95. The summed E-state index contributed by atoms with van der Waals surface area (Å²) in [7, 11) is 1.46. The third-order valence-corrected chi connectivity index (χ3v) is 2.19. The molecule has 1 aromatic rings. The van der Waals surface area contributed by atoms with E-state index < -0.39 is 11.8 Å². The van der Waals surface area contributed by atoms with E-state index in [0.29, 0.717) is 11.3 Å². The van der Waals surface area contributed by atoms with Crippen molar-refractivity contribution in [1.29, 1.82) is 0 Å². The second-order valence-corrected chi connectivity index (χ2v) is 3.77. The topological polar surface area (TPSA) is 55.4 Å². The molecule has 1 aromatic carbocycles. The summed E-state index contributed by atoms with van der Waals surface area (Å²) >= 11 is 3.26. The average molecular weight is 272 g/mol. The monoisotopic (exact) mass is 271 g/mol. The van der Waals surface area contributed by atoms with Crippen molar-refractivity contribution in [3.63, 3.8) is 0 Å². The van der Waals surface area contributed by atoms with Crippen LogP contribution in [0.25, 0.3) is 0 Å². The molecule has 15 heavy (non-hydrogen) atoms. The van der Waals surface area contributed by atoms with Crippen LogP contribution in [0.2, 0.25) is 0 Å². The van der Waals surface area contributed by atoms with Crippen LogP contribution in [0.3, 0.4) is 0 Å². The summed E-state index contributed by atoms with van der Waals surface area (Å²) in [5, 5.41) is 2.18. The van der Waals surface area contributed by atoms with Crippen LogP contribution >= 0.6 is 15.9 Å². The first-order chi connectivity index (χ1) is 7.04. The zero-order valence-electron chi connectivity index (χ0n) is 8.33. The van der Waals surface area contributed by atoms with Gasteiger partial charge in [-0.3, -0.25) is 14.9 Å². The van der Waals surface area contributed by atoms with Gasteiger partial charge in [0.25, 0.3) is 5.91 Å². The predicted molar refractivity (Wildman–Crippen MR) is 58.8 cm³/mol. The number of rotatable bonds is 2.